The van der Waals surface area contributed by atoms with Crippen molar-refractivity contribution in [1.82, 2.24) is 0 Å². The molecule has 0 aromatic heterocycles. The van der Waals surface area contributed by atoms with Crippen LogP contribution in [0.4, 0.5) is 0 Å². The zero-order valence-electron chi connectivity index (χ0n) is 20.2. The summed E-state index contributed by atoms with van der Waals surface area (Å²) < 4.78 is 12.5. The lowest BCUT2D eigenvalue weighted by molar-refractivity contribution is -0.169. The van der Waals surface area contributed by atoms with E-state index >= 15 is 0 Å². The summed E-state index contributed by atoms with van der Waals surface area (Å²) in [7, 11) is 0. The van der Waals surface area contributed by atoms with Crippen molar-refractivity contribution in [3.05, 3.63) is 131 Å². The molecule has 2 aliphatic rings. The highest BCUT2D eigenvalue weighted by molar-refractivity contribution is 5.95. The van der Waals surface area contributed by atoms with E-state index in [2.05, 4.69) is 12.1 Å². The Morgan fingerprint density at radius 2 is 1.24 bits per heavy atom. The number of aliphatic hydroxyl groups excluding tert-OH is 1. The molecule has 182 valence electrons. The van der Waals surface area contributed by atoms with Crippen molar-refractivity contribution in [2.24, 2.45) is 0 Å². The minimum absolute atomic E-state index is 0.0411. The van der Waals surface area contributed by atoms with Crippen molar-refractivity contribution in [2.75, 3.05) is 0 Å². The van der Waals surface area contributed by atoms with Crippen molar-refractivity contribution in [2.45, 2.75) is 36.8 Å². The second-order valence-electron chi connectivity index (χ2n) is 10.1. The molecule has 5 atom stereocenters. The maximum Gasteiger partial charge on any atom is 0.338 e. The van der Waals surface area contributed by atoms with Crippen LogP contribution in [-0.2, 0) is 9.47 Å². The fourth-order valence-electron chi connectivity index (χ4n) is 6.21. The minimum Gasteiger partial charge on any atom is -0.455 e. The average Bonchev–Trinajstić information content (AvgIpc) is 3.49. The minimum atomic E-state index is -1.12. The SMILES string of the molecule is O=C(O[C@@H]1C2CC(c3ccccc32)[C@@H]1OC(O)c1ccc2ccccc2c1)c1ccc2ccccc2c1. The van der Waals surface area contributed by atoms with Gasteiger partial charge in [0, 0.05) is 17.4 Å². The largest absolute Gasteiger partial charge is 0.455 e. The monoisotopic (exact) mass is 486 g/mol. The molecule has 2 aliphatic carbocycles. The molecule has 4 heteroatoms. The Morgan fingerprint density at radius 3 is 1.95 bits per heavy atom. The summed E-state index contributed by atoms with van der Waals surface area (Å²) >= 11 is 0. The summed E-state index contributed by atoms with van der Waals surface area (Å²) in [6, 6.07) is 35.8. The van der Waals surface area contributed by atoms with Crippen LogP contribution in [0.2, 0.25) is 0 Å². The molecular weight excluding hydrogens is 460 g/mol. The number of carbonyl (C=O) groups is 1. The number of aliphatic hydroxyl groups is 1. The van der Waals surface area contributed by atoms with Gasteiger partial charge in [0.15, 0.2) is 6.29 Å². The Balaban J connectivity index is 1.19. The van der Waals surface area contributed by atoms with Gasteiger partial charge < -0.3 is 14.6 Å². The third-order valence-electron chi connectivity index (χ3n) is 7.99. The van der Waals surface area contributed by atoms with E-state index in [9.17, 15) is 9.90 Å². The first-order valence-corrected chi connectivity index (χ1v) is 12.8. The van der Waals surface area contributed by atoms with Crippen molar-refractivity contribution < 1.29 is 19.4 Å². The molecule has 0 amide bonds. The highest BCUT2D eigenvalue weighted by atomic mass is 16.6. The van der Waals surface area contributed by atoms with Crippen LogP contribution in [0.5, 0.6) is 0 Å². The van der Waals surface area contributed by atoms with Crippen molar-refractivity contribution in [3.63, 3.8) is 0 Å². The Morgan fingerprint density at radius 1 is 0.676 bits per heavy atom. The number of hydrogen-bond donors (Lipinski definition) is 1. The van der Waals surface area contributed by atoms with Crippen LogP contribution >= 0.6 is 0 Å². The molecule has 3 unspecified atom stereocenters. The Hall–Kier alpha value is -3.99. The molecule has 1 N–H and O–H groups in total. The molecule has 0 radical (unpaired) electrons. The van der Waals surface area contributed by atoms with Crippen LogP contribution in [0, 0.1) is 0 Å². The van der Waals surface area contributed by atoms with E-state index in [1.54, 1.807) is 0 Å². The van der Waals surface area contributed by atoms with Gasteiger partial charge in [0.05, 0.1) is 5.56 Å². The van der Waals surface area contributed by atoms with Gasteiger partial charge in [-0.15, -0.1) is 0 Å². The number of esters is 1. The summed E-state index contributed by atoms with van der Waals surface area (Å²) in [5.41, 5.74) is 3.64. The molecular formula is C33H26O4. The van der Waals surface area contributed by atoms with Crippen molar-refractivity contribution in [1.29, 1.82) is 0 Å². The van der Waals surface area contributed by atoms with Gasteiger partial charge in [0.2, 0.25) is 0 Å². The summed E-state index contributed by atoms with van der Waals surface area (Å²) in [5.74, 6) is -0.264. The molecule has 0 saturated heterocycles. The van der Waals surface area contributed by atoms with E-state index < -0.39 is 18.5 Å². The molecule has 4 nitrogen and oxygen atoms in total. The molecule has 7 rings (SSSR count). The standard InChI is InChI=1S/C33H26O4/c34-32(24-15-13-20-7-1-3-9-22(20)17-24)36-30-28-19-29(27-12-6-5-11-26(27)28)31(30)37-33(35)25-16-14-21-8-2-4-10-23(21)18-25/h1-18,28-32,34H,19H2/t28?,29?,30-,31+,32?/m0/s1. The van der Waals surface area contributed by atoms with E-state index in [1.807, 2.05) is 97.1 Å². The Kier molecular flexibility index (Phi) is 5.31. The third-order valence-corrected chi connectivity index (χ3v) is 7.99. The lowest BCUT2D eigenvalue weighted by atomic mass is 9.87. The first kappa shape index (κ1) is 22.2. The van der Waals surface area contributed by atoms with E-state index in [-0.39, 0.29) is 17.8 Å². The average molecular weight is 487 g/mol. The van der Waals surface area contributed by atoms with Gasteiger partial charge in [-0.2, -0.15) is 0 Å². The fourth-order valence-corrected chi connectivity index (χ4v) is 6.21. The van der Waals surface area contributed by atoms with Crippen LogP contribution in [-0.4, -0.2) is 23.3 Å². The predicted octanol–water partition coefficient (Wildman–Crippen LogP) is 6.88. The first-order valence-electron chi connectivity index (χ1n) is 12.8. The quantitative estimate of drug-likeness (QED) is 0.217. The number of ether oxygens (including phenoxy) is 2. The Labute approximate surface area is 215 Å². The number of hydrogen-bond acceptors (Lipinski definition) is 4. The van der Waals surface area contributed by atoms with Gasteiger partial charge in [-0.05, 0) is 57.3 Å². The summed E-state index contributed by atoms with van der Waals surface area (Å²) in [5, 5.41) is 15.4. The summed E-state index contributed by atoms with van der Waals surface area (Å²) in [6.07, 6.45) is -1.20. The van der Waals surface area contributed by atoms with E-state index in [1.165, 1.54) is 11.1 Å². The van der Waals surface area contributed by atoms with Gasteiger partial charge in [-0.3, -0.25) is 0 Å². The maximum atomic E-state index is 13.3. The lowest BCUT2D eigenvalue weighted by Gasteiger charge is -2.33. The molecule has 5 aromatic carbocycles. The smallest absolute Gasteiger partial charge is 0.338 e. The molecule has 0 spiro atoms. The molecule has 37 heavy (non-hydrogen) atoms. The van der Waals surface area contributed by atoms with Crippen molar-refractivity contribution in [3.8, 4) is 0 Å². The van der Waals surface area contributed by atoms with Gasteiger partial charge >= 0.3 is 5.97 Å². The molecule has 1 fully saturated rings. The highest BCUT2D eigenvalue weighted by Gasteiger charge is 2.54. The number of rotatable bonds is 5. The number of benzene rings is 5. The maximum absolute atomic E-state index is 13.3. The molecule has 0 heterocycles. The fraction of sp³-hybridized carbons (Fsp3) is 0.182. The normalized spacial score (nSPS) is 22.7. The third kappa shape index (κ3) is 3.81. The van der Waals surface area contributed by atoms with Crippen LogP contribution in [0.1, 0.15) is 51.6 Å². The molecule has 0 aliphatic heterocycles. The van der Waals surface area contributed by atoms with Crippen LogP contribution in [0.25, 0.3) is 21.5 Å². The molecule has 2 bridgehead atoms. The van der Waals surface area contributed by atoms with Crippen LogP contribution < -0.4 is 0 Å². The van der Waals surface area contributed by atoms with E-state index in [4.69, 9.17) is 9.47 Å². The molecule has 1 saturated carbocycles. The van der Waals surface area contributed by atoms with Gasteiger partial charge in [0.1, 0.15) is 12.2 Å². The Bertz CT molecular complexity index is 1640. The zero-order chi connectivity index (χ0) is 24.9. The second kappa shape index (κ2) is 8.84. The molecule has 5 aromatic rings. The van der Waals surface area contributed by atoms with E-state index in [0.29, 0.717) is 11.1 Å². The van der Waals surface area contributed by atoms with Crippen molar-refractivity contribution >= 4 is 27.5 Å². The van der Waals surface area contributed by atoms with Gasteiger partial charge in [0.25, 0.3) is 0 Å². The van der Waals surface area contributed by atoms with E-state index in [0.717, 1.165) is 28.0 Å². The van der Waals surface area contributed by atoms with Crippen LogP contribution in [0.15, 0.2) is 109 Å². The zero-order valence-corrected chi connectivity index (χ0v) is 20.2. The number of carbonyl (C=O) groups excluding carboxylic acids is 1. The summed E-state index contributed by atoms with van der Waals surface area (Å²) in [6.45, 7) is 0. The lowest BCUT2D eigenvalue weighted by Crippen LogP contribution is -2.38. The first-order chi connectivity index (χ1) is 18.2. The van der Waals surface area contributed by atoms with Gasteiger partial charge in [-0.1, -0.05) is 91.0 Å². The topological polar surface area (TPSA) is 55.8 Å². The highest BCUT2D eigenvalue weighted by Crippen LogP contribution is 2.56. The van der Waals surface area contributed by atoms with Gasteiger partial charge in [-0.25, -0.2) is 4.79 Å². The number of fused-ring (bicyclic) bond motifs is 7. The second-order valence-corrected chi connectivity index (χ2v) is 10.1. The summed E-state index contributed by atoms with van der Waals surface area (Å²) in [4.78, 5) is 13.3. The van der Waals surface area contributed by atoms with Crippen LogP contribution in [0.3, 0.4) is 0 Å². The predicted molar refractivity (Wildman–Crippen MR) is 143 cm³/mol.